The van der Waals surface area contributed by atoms with E-state index in [1.54, 1.807) is 0 Å². The fourth-order valence-electron chi connectivity index (χ4n) is 1.30. The van der Waals surface area contributed by atoms with Crippen LogP contribution in [0, 0.1) is 5.82 Å². The maximum atomic E-state index is 13.7. The summed E-state index contributed by atoms with van der Waals surface area (Å²) >= 11 is 0. The molecule has 0 aliphatic heterocycles. The third-order valence-corrected chi connectivity index (χ3v) is 2.16. The Balaban J connectivity index is 2.59. The number of carbonyl (C=O) groups excluding carboxylic acids is 2. The lowest BCUT2D eigenvalue weighted by Crippen LogP contribution is -2.34. The Morgan fingerprint density at radius 2 is 2.00 bits per heavy atom. The summed E-state index contributed by atoms with van der Waals surface area (Å²) in [5.41, 5.74) is -0.0859. The Bertz CT molecular complexity index is 451. The lowest BCUT2D eigenvalue weighted by molar-refractivity contribution is -0.118. The lowest BCUT2D eigenvalue weighted by atomic mass is 10.2. The van der Waals surface area contributed by atoms with Crippen LogP contribution >= 0.6 is 0 Å². The van der Waals surface area contributed by atoms with E-state index < -0.39 is 11.7 Å². The van der Waals surface area contributed by atoms with Crippen molar-refractivity contribution in [1.82, 2.24) is 15.6 Å². The summed E-state index contributed by atoms with van der Waals surface area (Å²) < 4.78 is 13.7. The lowest BCUT2D eigenvalue weighted by Gasteiger charge is -2.08. The predicted molar refractivity (Wildman–Crippen MR) is 64.8 cm³/mol. The first kappa shape index (κ1) is 13.9. The van der Waals surface area contributed by atoms with E-state index in [1.165, 1.54) is 26.2 Å². The van der Waals surface area contributed by atoms with Crippen molar-refractivity contribution in [2.75, 3.05) is 25.5 Å². The van der Waals surface area contributed by atoms with Gasteiger partial charge in [-0.05, 0) is 6.07 Å². The number of nitrogens with zero attached hydrogens (tertiary/aromatic N) is 1. The van der Waals surface area contributed by atoms with Crippen molar-refractivity contribution in [3.8, 4) is 0 Å². The van der Waals surface area contributed by atoms with Crippen LogP contribution in [0.15, 0.2) is 12.3 Å². The van der Waals surface area contributed by atoms with Gasteiger partial charge in [-0.1, -0.05) is 0 Å². The highest BCUT2D eigenvalue weighted by molar-refractivity contribution is 5.95. The molecule has 0 radical (unpaired) electrons. The van der Waals surface area contributed by atoms with E-state index in [4.69, 9.17) is 0 Å². The molecule has 1 aromatic rings. The van der Waals surface area contributed by atoms with E-state index in [0.717, 1.165) is 0 Å². The van der Waals surface area contributed by atoms with E-state index in [-0.39, 0.29) is 23.8 Å². The van der Waals surface area contributed by atoms with Crippen molar-refractivity contribution in [2.45, 2.75) is 6.92 Å². The standard InChI is InChI=1S/C11H15FN4O2/c1-7(17)14-5-6-16-11(18)8-3-4-15-10(13-2)9(8)12/h3-4H,5-6H2,1-2H3,(H,13,15)(H,14,17)(H,16,18). The first-order valence-electron chi connectivity index (χ1n) is 5.41. The van der Waals surface area contributed by atoms with Crippen LogP contribution in [0.25, 0.3) is 0 Å². The summed E-state index contributed by atoms with van der Waals surface area (Å²) in [5, 5.41) is 7.56. The van der Waals surface area contributed by atoms with Crippen molar-refractivity contribution in [3.63, 3.8) is 0 Å². The van der Waals surface area contributed by atoms with Crippen LogP contribution in [-0.4, -0.2) is 36.9 Å². The van der Waals surface area contributed by atoms with Gasteiger partial charge in [0.2, 0.25) is 5.91 Å². The SMILES string of the molecule is CNc1nccc(C(=O)NCCNC(C)=O)c1F. The molecule has 3 N–H and O–H groups in total. The molecule has 0 fully saturated rings. The largest absolute Gasteiger partial charge is 0.371 e. The number of pyridine rings is 1. The summed E-state index contributed by atoms with van der Waals surface area (Å²) in [4.78, 5) is 26.0. The number of halogens is 1. The topological polar surface area (TPSA) is 83.1 Å². The van der Waals surface area contributed by atoms with Crippen LogP contribution in [0.4, 0.5) is 10.2 Å². The second kappa shape index (κ2) is 6.53. The van der Waals surface area contributed by atoms with Gasteiger partial charge >= 0.3 is 0 Å². The molecular formula is C11H15FN4O2. The Labute approximate surface area is 104 Å². The second-order valence-corrected chi connectivity index (χ2v) is 3.51. The maximum absolute atomic E-state index is 13.7. The van der Waals surface area contributed by atoms with E-state index in [0.29, 0.717) is 6.54 Å². The smallest absolute Gasteiger partial charge is 0.254 e. The van der Waals surface area contributed by atoms with Crippen LogP contribution in [0.3, 0.4) is 0 Å². The number of nitrogens with one attached hydrogen (secondary N) is 3. The van der Waals surface area contributed by atoms with Crippen LogP contribution in [-0.2, 0) is 4.79 Å². The summed E-state index contributed by atoms with van der Waals surface area (Å²) in [7, 11) is 1.52. The molecule has 2 amide bonds. The molecule has 0 saturated heterocycles. The minimum atomic E-state index is -0.697. The Hall–Kier alpha value is -2.18. The molecule has 98 valence electrons. The highest BCUT2D eigenvalue weighted by atomic mass is 19.1. The minimum Gasteiger partial charge on any atom is -0.371 e. The molecule has 0 saturated carbocycles. The Morgan fingerprint density at radius 3 is 2.61 bits per heavy atom. The van der Waals surface area contributed by atoms with Crippen LogP contribution < -0.4 is 16.0 Å². The average molecular weight is 254 g/mol. The predicted octanol–water partition coefficient (Wildman–Crippen LogP) is 0.128. The fourth-order valence-corrected chi connectivity index (χ4v) is 1.30. The van der Waals surface area contributed by atoms with Crippen molar-refractivity contribution in [1.29, 1.82) is 0 Å². The Morgan fingerprint density at radius 1 is 1.33 bits per heavy atom. The van der Waals surface area contributed by atoms with Gasteiger partial charge in [0.25, 0.3) is 5.91 Å². The summed E-state index contributed by atoms with van der Waals surface area (Å²) in [6.07, 6.45) is 1.34. The number of aromatic nitrogens is 1. The van der Waals surface area contributed by atoms with Gasteiger partial charge in [-0.3, -0.25) is 9.59 Å². The van der Waals surface area contributed by atoms with E-state index >= 15 is 0 Å². The monoisotopic (exact) mass is 254 g/mol. The average Bonchev–Trinajstić information content (AvgIpc) is 2.34. The van der Waals surface area contributed by atoms with Gasteiger partial charge in [0, 0.05) is 33.3 Å². The zero-order valence-electron chi connectivity index (χ0n) is 10.2. The summed E-state index contributed by atoms with van der Waals surface area (Å²) in [6.45, 7) is 1.91. The number of hydrogen-bond donors (Lipinski definition) is 3. The van der Waals surface area contributed by atoms with Gasteiger partial charge in [-0.25, -0.2) is 9.37 Å². The maximum Gasteiger partial charge on any atom is 0.254 e. The number of hydrogen-bond acceptors (Lipinski definition) is 4. The van der Waals surface area contributed by atoms with E-state index in [1.807, 2.05) is 0 Å². The van der Waals surface area contributed by atoms with Gasteiger partial charge in [-0.2, -0.15) is 0 Å². The Kier molecular flexibility index (Phi) is 5.04. The molecule has 0 aromatic carbocycles. The van der Waals surface area contributed by atoms with Gasteiger partial charge in [-0.15, -0.1) is 0 Å². The highest BCUT2D eigenvalue weighted by Gasteiger charge is 2.14. The molecule has 1 rings (SSSR count). The zero-order valence-corrected chi connectivity index (χ0v) is 10.2. The second-order valence-electron chi connectivity index (χ2n) is 3.51. The number of anilines is 1. The van der Waals surface area contributed by atoms with Crippen molar-refractivity contribution < 1.29 is 14.0 Å². The third-order valence-electron chi connectivity index (χ3n) is 2.16. The molecule has 6 nitrogen and oxygen atoms in total. The van der Waals surface area contributed by atoms with Crippen molar-refractivity contribution in [3.05, 3.63) is 23.6 Å². The molecule has 0 unspecified atom stereocenters. The van der Waals surface area contributed by atoms with Crippen LogP contribution in [0.5, 0.6) is 0 Å². The van der Waals surface area contributed by atoms with Gasteiger partial charge < -0.3 is 16.0 Å². The molecule has 18 heavy (non-hydrogen) atoms. The van der Waals surface area contributed by atoms with Crippen molar-refractivity contribution in [2.24, 2.45) is 0 Å². The molecule has 7 heteroatoms. The van der Waals surface area contributed by atoms with Gasteiger partial charge in [0.05, 0.1) is 5.56 Å². The van der Waals surface area contributed by atoms with Gasteiger partial charge in [0.1, 0.15) is 0 Å². The van der Waals surface area contributed by atoms with E-state index in [9.17, 15) is 14.0 Å². The first-order valence-corrected chi connectivity index (χ1v) is 5.41. The fraction of sp³-hybridized carbons (Fsp3) is 0.364. The molecule has 0 bridgehead atoms. The molecule has 0 atom stereocenters. The molecular weight excluding hydrogens is 239 g/mol. The number of rotatable bonds is 5. The molecule has 0 aliphatic rings. The molecule has 0 spiro atoms. The summed E-state index contributed by atoms with van der Waals surface area (Å²) in [6, 6.07) is 1.30. The quantitative estimate of drug-likeness (QED) is 0.652. The highest BCUT2D eigenvalue weighted by Crippen LogP contribution is 2.13. The first-order chi connectivity index (χ1) is 8.56. The molecule has 0 aliphatic carbocycles. The van der Waals surface area contributed by atoms with Crippen molar-refractivity contribution >= 4 is 17.6 Å². The molecule has 1 heterocycles. The number of carbonyl (C=O) groups is 2. The summed E-state index contributed by atoms with van der Waals surface area (Å²) in [5.74, 6) is -1.41. The van der Waals surface area contributed by atoms with Crippen LogP contribution in [0.2, 0.25) is 0 Å². The van der Waals surface area contributed by atoms with E-state index in [2.05, 4.69) is 20.9 Å². The zero-order chi connectivity index (χ0) is 13.5. The van der Waals surface area contributed by atoms with Crippen LogP contribution in [0.1, 0.15) is 17.3 Å². The molecule has 1 aromatic heterocycles. The number of amides is 2. The van der Waals surface area contributed by atoms with Gasteiger partial charge in [0.15, 0.2) is 11.6 Å². The normalized spacial score (nSPS) is 9.72. The minimum absolute atomic E-state index is 0.0181. The third kappa shape index (κ3) is 3.69.